The SMILES string of the molecule is CCC1CCC(C(N)Cc2ccc(F)c(Cl)c2)C1. The number of nitrogens with two attached hydrogens (primary N) is 1. The molecule has 0 saturated heterocycles. The average Bonchev–Trinajstić information content (AvgIpc) is 2.82. The van der Waals surface area contributed by atoms with Crippen LogP contribution in [0.1, 0.15) is 38.2 Å². The van der Waals surface area contributed by atoms with Crippen LogP contribution in [0.15, 0.2) is 18.2 Å². The Morgan fingerprint density at radius 2 is 2.22 bits per heavy atom. The van der Waals surface area contributed by atoms with Crippen LogP contribution in [0, 0.1) is 17.7 Å². The average molecular weight is 270 g/mol. The lowest BCUT2D eigenvalue weighted by molar-refractivity contribution is 0.405. The number of hydrogen-bond acceptors (Lipinski definition) is 1. The Hall–Kier alpha value is -0.600. The van der Waals surface area contributed by atoms with Gasteiger partial charge in [0.15, 0.2) is 0 Å². The van der Waals surface area contributed by atoms with Crippen molar-refractivity contribution in [2.45, 2.75) is 45.1 Å². The third-order valence-corrected chi connectivity index (χ3v) is 4.51. The Labute approximate surface area is 114 Å². The number of rotatable bonds is 4. The third-order valence-electron chi connectivity index (χ3n) is 4.22. The minimum Gasteiger partial charge on any atom is -0.327 e. The van der Waals surface area contributed by atoms with Gasteiger partial charge in [-0.15, -0.1) is 0 Å². The van der Waals surface area contributed by atoms with E-state index < -0.39 is 0 Å². The summed E-state index contributed by atoms with van der Waals surface area (Å²) in [7, 11) is 0. The fraction of sp³-hybridized carbons (Fsp3) is 0.600. The lowest BCUT2D eigenvalue weighted by Gasteiger charge is -2.19. The molecule has 0 aromatic heterocycles. The molecule has 1 aliphatic rings. The van der Waals surface area contributed by atoms with Crippen molar-refractivity contribution in [3.05, 3.63) is 34.6 Å². The van der Waals surface area contributed by atoms with Crippen LogP contribution in [-0.4, -0.2) is 6.04 Å². The van der Waals surface area contributed by atoms with Crippen LogP contribution in [0.5, 0.6) is 0 Å². The molecule has 3 heteroatoms. The van der Waals surface area contributed by atoms with E-state index in [9.17, 15) is 4.39 Å². The molecule has 1 aromatic carbocycles. The smallest absolute Gasteiger partial charge is 0.141 e. The van der Waals surface area contributed by atoms with Crippen molar-refractivity contribution in [1.29, 1.82) is 0 Å². The highest BCUT2D eigenvalue weighted by atomic mass is 35.5. The van der Waals surface area contributed by atoms with Gasteiger partial charge in [-0.1, -0.05) is 37.4 Å². The quantitative estimate of drug-likeness (QED) is 0.872. The van der Waals surface area contributed by atoms with E-state index in [-0.39, 0.29) is 16.9 Å². The van der Waals surface area contributed by atoms with Gasteiger partial charge in [0.1, 0.15) is 5.82 Å². The number of halogens is 2. The van der Waals surface area contributed by atoms with E-state index in [2.05, 4.69) is 6.92 Å². The predicted octanol–water partition coefficient (Wildman–Crippen LogP) is 4.18. The molecule has 0 bridgehead atoms. The zero-order valence-corrected chi connectivity index (χ0v) is 11.6. The fourth-order valence-electron chi connectivity index (χ4n) is 2.98. The van der Waals surface area contributed by atoms with Crippen LogP contribution < -0.4 is 5.73 Å². The van der Waals surface area contributed by atoms with Crippen molar-refractivity contribution in [1.82, 2.24) is 0 Å². The van der Waals surface area contributed by atoms with Gasteiger partial charge >= 0.3 is 0 Å². The van der Waals surface area contributed by atoms with Gasteiger partial charge in [-0.3, -0.25) is 0 Å². The van der Waals surface area contributed by atoms with Gasteiger partial charge in [-0.25, -0.2) is 4.39 Å². The van der Waals surface area contributed by atoms with Crippen molar-refractivity contribution >= 4 is 11.6 Å². The summed E-state index contributed by atoms with van der Waals surface area (Å²) in [5.41, 5.74) is 7.32. The molecule has 1 aliphatic carbocycles. The van der Waals surface area contributed by atoms with E-state index in [1.165, 1.54) is 31.7 Å². The molecule has 0 amide bonds. The van der Waals surface area contributed by atoms with Crippen LogP contribution >= 0.6 is 11.6 Å². The van der Waals surface area contributed by atoms with Gasteiger partial charge in [-0.2, -0.15) is 0 Å². The molecule has 0 radical (unpaired) electrons. The molecule has 18 heavy (non-hydrogen) atoms. The van der Waals surface area contributed by atoms with Gasteiger partial charge in [0.25, 0.3) is 0 Å². The van der Waals surface area contributed by atoms with Crippen molar-refractivity contribution in [2.75, 3.05) is 0 Å². The molecule has 0 aliphatic heterocycles. The van der Waals surface area contributed by atoms with Crippen molar-refractivity contribution in [3.8, 4) is 0 Å². The van der Waals surface area contributed by atoms with E-state index in [0.29, 0.717) is 5.92 Å². The summed E-state index contributed by atoms with van der Waals surface area (Å²) in [6, 6.07) is 5.08. The maximum absolute atomic E-state index is 13.1. The second kappa shape index (κ2) is 6.03. The molecule has 1 fully saturated rings. The molecular weight excluding hydrogens is 249 g/mol. The van der Waals surface area contributed by atoms with Crippen LogP contribution in [0.2, 0.25) is 5.02 Å². The molecule has 1 saturated carbocycles. The van der Waals surface area contributed by atoms with E-state index in [0.717, 1.165) is 17.9 Å². The van der Waals surface area contributed by atoms with Crippen LogP contribution in [0.25, 0.3) is 0 Å². The summed E-state index contributed by atoms with van der Waals surface area (Å²) >= 11 is 5.79. The lowest BCUT2D eigenvalue weighted by Crippen LogP contribution is -2.30. The first kappa shape index (κ1) is 13.8. The zero-order valence-electron chi connectivity index (χ0n) is 10.8. The van der Waals surface area contributed by atoms with Crippen molar-refractivity contribution in [3.63, 3.8) is 0 Å². The maximum Gasteiger partial charge on any atom is 0.141 e. The Morgan fingerprint density at radius 1 is 1.44 bits per heavy atom. The van der Waals surface area contributed by atoms with Gasteiger partial charge in [0.05, 0.1) is 5.02 Å². The molecule has 0 heterocycles. The Kier molecular flexibility index (Phi) is 4.63. The normalized spacial score (nSPS) is 25.3. The van der Waals surface area contributed by atoms with Gasteiger partial charge in [0.2, 0.25) is 0 Å². The summed E-state index contributed by atoms with van der Waals surface area (Å²) in [6.45, 7) is 2.25. The molecule has 2 N–H and O–H groups in total. The highest BCUT2D eigenvalue weighted by Gasteiger charge is 2.27. The first-order valence-corrected chi connectivity index (χ1v) is 7.17. The lowest BCUT2D eigenvalue weighted by atomic mass is 9.92. The van der Waals surface area contributed by atoms with Crippen LogP contribution in [0.3, 0.4) is 0 Å². The van der Waals surface area contributed by atoms with Crippen LogP contribution in [-0.2, 0) is 6.42 Å². The summed E-state index contributed by atoms with van der Waals surface area (Å²) in [4.78, 5) is 0. The third kappa shape index (κ3) is 3.24. The highest BCUT2D eigenvalue weighted by Crippen LogP contribution is 2.35. The monoisotopic (exact) mass is 269 g/mol. The predicted molar refractivity (Wildman–Crippen MR) is 74.2 cm³/mol. The molecular formula is C15H21ClFN. The summed E-state index contributed by atoms with van der Waals surface area (Å²) in [5, 5.41) is 0.192. The summed E-state index contributed by atoms with van der Waals surface area (Å²) < 4.78 is 13.1. The standard InChI is InChI=1S/C15H21ClFN/c1-2-10-3-5-12(7-10)15(18)9-11-4-6-14(17)13(16)8-11/h4,6,8,10,12,15H,2-3,5,7,9,18H2,1H3. The summed E-state index contributed by atoms with van der Waals surface area (Å²) in [5.74, 6) is 1.09. The topological polar surface area (TPSA) is 26.0 Å². The van der Waals surface area contributed by atoms with E-state index in [1.54, 1.807) is 12.1 Å². The molecule has 0 spiro atoms. The van der Waals surface area contributed by atoms with Gasteiger partial charge in [0, 0.05) is 6.04 Å². The van der Waals surface area contributed by atoms with E-state index in [4.69, 9.17) is 17.3 Å². The number of hydrogen-bond donors (Lipinski definition) is 1. The maximum atomic E-state index is 13.1. The second-order valence-electron chi connectivity index (χ2n) is 5.46. The Bertz CT molecular complexity index is 407. The largest absolute Gasteiger partial charge is 0.327 e. The fourth-order valence-corrected chi connectivity index (χ4v) is 3.18. The van der Waals surface area contributed by atoms with E-state index in [1.807, 2.05) is 0 Å². The van der Waals surface area contributed by atoms with E-state index >= 15 is 0 Å². The molecule has 1 nitrogen and oxygen atoms in total. The second-order valence-corrected chi connectivity index (χ2v) is 5.87. The van der Waals surface area contributed by atoms with Crippen molar-refractivity contribution in [2.24, 2.45) is 17.6 Å². The molecule has 3 atom stereocenters. The Balaban J connectivity index is 1.94. The molecule has 100 valence electrons. The van der Waals surface area contributed by atoms with Crippen molar-refractivity contribution < 1.29 is 4.39 Å². The van der Waals surface area contributed by atoms with Crippen LogP contribution in [0.4, 0.5) is 4.39 Å². The molecule has 1 aromatic rings. The zero-order chi connectivity index (χ0) is 13.1. The molecule has 3 unspecified atom stereocenters. The first-order valence-electron chi connectivity index (χ1n) is 6.79. The minimum absolute atomic E-state index is 0.170. The molecule has 2 rings (SSSR count). The number of benzene rings is 1. The van der Waals surface area contributed by atoms with Gasteiger partial charge < -0.3 is 5.73 Å². The van der Waals surface area contributed by atoms with Gasteiger partial charge in [-0.05, 0) is 48.8 Å². The first-order chi connectivity index (χ1) is 8.60. The minimum atomic E-state index is -0.360. The highest BCUT2D eigenvalue weighted by molar-refractivity contribution is 6.30. The Morgan fingerprint density at radius 3 is 2.83 bits per heavy atom. The summed E-state index contributed by atoms with van der Waals surface area (Å²) in [6.07, 6.45) is 5.83.